The van der Waals surface area contributed by atoms with Gasteiger partial charge in [-0.15, -0.1) is 12.4 Å². The lowest BCUT2D eigenvalue weighted by Crippen LogP contribution is -2.22. The summed E-state index contributed by atoms with van der Waals surface area (Å²) in [5.74, 6) is 0. The Labute approximate surface area is 124 Å². The fourth-order valence-corrected chi connectivity index (χ4v) is 1.02. The fraction of sp³-hybridized carbons (Fsp3) is 0.917. The van der Waals surface area contributed by atoms with Gasteiger partial charge in [-0.05, 0) is 39.4 Å². The molecule has 0 bridgehead atoms. The van der Waals surface area contributed by atoms with Gasteiger partial charge in [0.15, 0.2) is 0 Å². The van der Waals surface area contributed by atoms with Gasteiger partial charge in [-0.1, -0.05) is 27.2 Å². The maximum Gasteiger partial charge on any atom is 0.404 e. The molecule has 7 N–H and O–H groups in total. The highest BCUT2D eigenvalue weighted by molar-refractivity contribution is 5.85. The highest BCUT2D eigenvalue weighted by Crippen LogP contribution is 1.89. The predicted molar refractivity (Wildman–Crippen MR) is 85.4 cm³/mol. The number of nitrogens with one attached hydrogen (secondary N) is 2. The van der Waals surface area contributed by atoms with Gasteiger partial charge in [0.2, 0.25) is 0 Å². The van der Waals surface area contributed by atoms with E-state index in [0.717, 1.165) is 12.8 Å². The summed E-state index contributed by atoms with van der Waals surface area (Å²) >= 11 is 0. The van der Waals surface area contributed by atoms with Crippen LogP contribution in [0.3, 0.4) is 0 Å². The van der Waals surface area contributed by atoms with Gasteiger partial charge in [-0.25, -0.2) is 4.79 Å². The zero-order chi connectivity index (χ0) is 12.6. The Balaban J connectivity index is -0.0000000607. The van der Waals surface area contributed by atoms with E-state index in [0.29, 0.717) is 13.1 Å². The molecule has 0 radical (unpaired) electrons. The molecule has 6 nitrogen and oxygen atoms in total. The molecule has 0 rings (SSSR count). The highest BCUT2D eigenvalue weighted by atomic mass is 35.5. The van der Waals surface area contributed by atoms with E-state index in [1.165, 1.54) is 25.8 Å². The zero-order valence-corrected chi connectivity index (χ0v) is 12.3. The van der Waals surface area contributed by atoms with Crippen LogP contribution >= 0.6 is 12.4 Å². The Morgan fingerprint density at radius 1 is 1.16 bits per heavy atom. The number of hydrogen-bond donors (Lipinski definition) is 4. The molecule has 0 heterocycles. The summed E-state index contributed by atoms with van der Waals surface area (Å²) in [6.45, 7) is 4.53. The van der Waals surface area contributed by atoms with Crippen LogP contribution in [0.15, 0.2) is 0 Å². The van der Waals surface area contributed by atoms with Crippen LogP contribution in [0.1, 0.15) is 46.5 Å². The summed E-state index contributed by atoms with van der Waals surface area (Å²) in [4.78, 5) is 9.82. The van der Waals surface area contributed by atoms with Crippen molar-refractivity contribution in [1.29, 1.82) is 0 Å². The minimum Gasteiger partial charge on any atom is -0.465 e. The Morgan fingerprint density at radius 3 is 2.05 bits per heavy atom. The van der Waals surface area contributed by atoms with Crippen LogP contribution in [0.5, 0.6) is 0 Å². The normalized spacial score (nSPS) is 7.74. The van der Waals surface area contributed by atoms with Gasteiger partial charge in [0.1, 0.15) is 0 Å². The maximum atomic E-state index is 9.82. The number of carboxylic acid groups (broad SMARTS) is 1. The van der Waals surface area contributed by atoms with Crippen LogP contribution in [0.25, 0.3) is 0 Å². The number of halogens is 1. The molecule has 0 saturated carbocycles. The quantitative estimate of drug-likeness (QED) is 0.509. The van der Waals surface area contributed by atoms with Crippen LogP contribution in [0.4, 0.5) is 4.79 Å². The molecular formula is C12H34ClN3O3. The number of unbranched alkanes of at least 4 members (excludes halogenated alkanes) is 3. The zero-order valence-electron chi connectivity index (χ0n) is 11.5. The minimum atomic E-state index is -0.966. The molecule has 0 spiro atoms. The van der Waals surface area contributed by atoms with Gasteiger partial charge in [0.25, 0.3) is 0 Å². The van der Waals surface area contributed by atoms with E-state index < -0.39 is 6.09 Å². The summed E-state index contributed by atoms with van der Waals surface area (Å²) in [7, 11) is 2.00. The Bertz CT molecular complexity index is 148. The minimum absolute atomic E-state index is 0. The first kappa shape index (κ1) is 31.0. The molecule has 7 heteroatoms. The topological polar surface area (TPSA) is 119 Å². The summed E-state index contributed by atoms with van der Waals surface area (Å²) in [5, 5.41) is 13.4. The van der Waals surface area contributed by atoms with Crippen molar-refractivity contribution >= 4 is 18.5 Å². The van der Waals surface area contributed by atoms with Crippen LogP contribution in [0.2, 0.25) is 0 Å². The van der Waals surface area contributed by atoms with E-state index in [2.05, 4.69) is 17.6 Å². The van der Waals surface area contributed by atoms with Gasteiger partial charge in [0, 0.05) is 6.54 Å². The van der Waals surface area contributed by atoms with Crippen molar-refractivity contribution < 1.29 is 15.4 Å². The van der Waals surface area contributed by atoms with E-state index in [1.807, 2.05) is 7.05 Å². The van der Waals surface area contributed by atoms with Crippen LogP contribution < -0.4 is 16.4 Å². The van der Waals surface area contributed by atoms with E-state index in [9.17, 15) is 4.79 Å². The Kier molecular flexibility index (Phi) is 49.8. The molecule has 0 saturated heterocycles. The van der Waals surface area contributed by atoms with Crippen molar-refractivity contribution in [1.82, 2.24) is 10.6 Å². The lowest BCUT2D eigenvalue weighted by molar-refractivity contribution is 0.194. The monoisotopic (exact) mass is 303 g/mol. The summed E-state index contributed by atoms with van der Waals surface area (Å²) in [5.41, 5.74) is 5.17. The molecule has 19 heavy (non-hydrogen) atoms. The van der Waals surface area contributed by atoms with E-state index >= 15 is 0 Å². The van der Waals surface area contributed by atoms with Crippen molar-refractivity contribution in [3.63, 3.8) is 0 Å². The number of rotatable bonds is 8. The van der Waals surface area contributed by atoms with Crippen LogP contribution in [-0.4, -0.2) is 43.4 Å². The van der Waals surface area contributed by atoms with Crippen molar-refractivity contribution in [3.05, 3.63) is 0 Å². The summed E-state index contributed by atoms with van der Waals surface area (Å²) in [6.07, 6.45) is 4.74. The molecule has 0 unspecified atom stereocenters. The average molecular weight is 304 g/mol. The second kappa shape index (κ2) is 30.5. The van der Waals surface area contributed by atoms with E-state index in [-0.39, 0.29) is 25.3 Å². The average Bonchev–Trinajstić information content (AvgIpc) is 2.26. The van der Waals surface area contributed by atoms with Crippen LogP contribution in [0, 0.1) is 0 Å². The lowest BCUT2D eigenvalue weighted by Gasteiger charge is -1.96. The number of amides is 1. The lowest BCUT2D eigenvalue weighted by atomic mass is 10.2. The third-order valence-electron chi connectivity index (χ3n) is 1.94. The highest BCUT2D eigenvalue weighted by Gasteiger charge is 1.90. The van der Waals surface area contributed by atoms with Crippen molar-refractivity contribution in [2.24, 2.45) is 5.73 Å². The second-order valence-corrected chi connectivity index (χ2v) is 3.54. The summed E-state index contributed by atoms with van der Waals surface area (Å²) in [6, 6.07) is 0. The fourth-order valence-electron chi connectivity index (χ4n) is 1.02. The van der Waals surface area contributed by atoms with Gasteiger partial charge in [0.05, 0.1) is 0 Å². The molecule has 0 atom stereocenters. The van der Waals surface area contributed by atoms with Gasteiger partial charge in [-0.2, -0.15) is 0 Å². The Morgan fingerprint density at radius 2 is 1.68 bits per heavy atom. The first-order chi connectivity index (χ1) is 7.68. The SMILES string of the molecule is C.CCCCCNC.Cl.NCCCCNC(=O)O.O. The summed E-state index contributed by atoms with van der Waals surface area (Å²) < 4.78 is 0. The largest absolute Gasteiger partial charge is 0.465 e. The smallest absolute Gasteiger partial charge is 0.404 e. The first-order valence-corrected chi connectivity index (χ1v) is 6.00. The molecule has 0 aliphatic carbocycles. The van der Waals surface area contributed by atoms with Gasteiger partial charge in [-0.3, -0.25) is 0 Å². The molecule has 0 aromatic rings. The molecule has 0 aromatic carbocycles. The third-order valence-corrected chi connectivity index (χ3v) is 1.94. The molecular weight excluding hydrogens is 270 g/mol. The number of hydrogen-bond acceptors (Lipinski definition) is 3. The van der Waals surface area contributed by atoms with E-state index in [4.69, 9.17) is 10.8 Å². The van der Waals surface area contributed by atoms with Crippen LogP contribution in [-0.2, 0) is 0 Å². The maximum absolute atomic E-state index is 9.82. The van der Waals surface area contributed by atoms with Crippen molar-refractivity contribution in [3.8, 4) is 0 Å². The van der Waals surface area contributed by atoms with Gasteiger partial charge < -0.3 is 26.9 Å². The first-order valence-electron chi connectivity index (χ1n) is 6.00. The molecule has 122 valence electrons. The third kappa shape index (κ3) is 46.7. The van der Waals surface area contributed by atoms with E-state index in [1.54, 1.807) is 0 Å². The Hall–Kier alpha value is -0.560. The number of nitrogens with two attached hydrogens (primary N) is 1. The molecule has 1 amide bonds. The van der Waals surface area contributed by atoms with Crippen molar-refractivity contribution in [2.45, 2.75) is 46.5 Å². The second-order valence-electron chi connectivity index (χ2n) is 3.54. The van der Waals surface area contributed by atoms with Crippen molar-refractivity contribution in [2.75, 3.05) is 26.7 Å². The molecule has 0 fully saturated rings. The standard InChI is InChI=1S/C6H15N.C5H12N2O2.CH4.ClH.H2O/c1-3-4-5-6-7-2;6-3-1-2-4-7-5(8)9;;;/h7H,3-6H2,1-2H3;7H,1-4,6H2,(H,8,9);1H4;1H;1H2. The van der Waals surface area contributed by atoms with Gasteiger partial charge >= 0.3 is 6.09 Å². The molecule has 0 aromatic heterocycles. The number of carbonyl (C=O) groups is 1. The predicted octanol–water partition coefficient (Wildman–Crippen LogP) is 1.62. The molecule has 0 aliphatic rings. The molecule has 0 aliphatic heterocycles.